The van der Waals surface area contributed by atoms with Gasteiger partial charge >= 0.3 is 0 Å². The van der Waals surface area contributed by atoms with Crippen molar-refractivity contribution in [1.29, 1.82) is 0 Å². The van der Waals surface area contributed by atoms with E-state index in [-0.39, 0.29) is 5.91 Å². The van der Waals surface area contributed by atoms with Gasteiger partial charge in [0.2, 0.25) is 5.91 Å². The van der Waals surface area contributed by atoms with Crippen LogP contribution in [0.3, 0.4) is 0 Å². The molecular weight excluding hydrogens is 214 g/mol. The number of methoxy groups -OCH3 is 1. The number of amides is 1. The minimum atomic E-state index is 0.0127. The second-order valence-electron chi connectivity index (χ2n) is 3.90. The Morgan fingerprint density at radius 3 is 2.82 bits per heavy atom. The molecule has 0 saturated heterocycles. The van der Waals surface area contributed by atoms with Crippen LogP contribution in [0.15, 0.2) is 24.3 Å². The molecule has 0 atom stereocenters. The first-order chi connectivity index (χ1) is 8.13. The summed E-state index contributed by atoms with van der Waals surface area (Å²) >= 11 is 0. The third-order valence-corrected chi connectivity index (χ3v) is 2.41. The second kappa shape index (κ2) is 6.74. The van der Waals surface area contributed by atoms with E-state index >= 15 is 0 Å². The van der Waals surface area contributed by atoms with E-state index in [9.17, 15) is 4.79 Å². The van der Waals surface area contributed by atoms with Gasteiger partial charge in [-0.05, 0) is 36.6 Å². The maximum atomic E-state index is 10.6. The number of rotatable bonds is 5. The van der Waals surface area contributed by atoms with Gasteiger partial charge in [-0.2, -0.15) is 0 Å². The number of nitrogens with one attached hydrogen (secondary N) is 1. The lowest BCUT2D eigenvalue weighted by atomic mass is 10.1. The first kappa shape index (κ1) is 13.3. The van der Waals surface area contributed by atoms with E-state index in [1.165, 1.54) is 6.92 Å². The van der Waals surface area contributed by atoms with Crippen molar-refractivity contribution in [3.63, 3.8) is 0 Å². The Hall–Kier alpha value is -1.77. The molecule has 0 aliphatic heterocycles. The minimum Gasteiger partial charge on any atom is -0.496 e. The van der Waals surface area contributed by atoms with Crippen molar-refractivity contribution in [1.82, 2.24) is 5.32 Å². The summed E-state index contributed by atoms with van der Waals surface area (Å²) in [6.45, 7) is 4.23. The third-order valence-electron chi connectivity index (χ3n) is 2.41. The quantitative estimate of drug-likeness (QED) is 0.794. The van der Waals surface area contributed by atoms with Gasteiger partial charge in [0.15, 0.2) is 0 Å². The van der Waals surface area contributed by atoms with Gasteiger partial charge in [0.1, 0.15) is 5.75 Å². The number of aryl methyl sites for hydroxylation is 1. The second-order valence-corrected chi connectivity index (χ2v) is 3.90. The summed E-state index contributed by atoms with van der Waals surface area (Å²) in [5, 5.41) is 2.75. The molecule has 0 bridgehead atoms. The fraction of sp³-hybridized carbons (Fsp3) is 0.357. The van der Waals surface area contributed by atoms with Gasteiger partial charge in [0, 0.05) is 13.5 Å². The fourth-order valence-electron chi connectivity index (χ4n) is 1.56. The van der Waals surface area contributed by atoms with E-state index in [1.54, 1.807) is 7.11 Å². The Kier molecular flexibility index (Phi) is 5.27. The summed E-state index contributed by atoms with van der Waals surface area (Å²) in [5.74, 6) is 0.916. The van der Waals surface area contributed by atoms with E-state index in [0.29, 0.717) is 6.54 Å². The van der Waals surface area contributed by atoms with Gasteiger partial charge in [-0.15, -0.1) is 0 Å². The van der Waals surface area contributed by atoms with E-state index < -0.39 is 0 Å². The monoisotopic (exact) mass is 233 g/mol. The van der Waals surface area contributed by atoms with Crippen LogP contribution in [0, 0.1) is 6.92 Å². The highest BCUT2D eigenvalue weighted by molar-refractivity contribution is 5.72. The van der Waals surface area contributed by atoms with Gasteiger partial charge in [0.25, 0.3) is 0 Å². The van der Waals surface area contributed by atoms with Crippen LogP contribution < -0.4 is 10.1 Å². The summed E-state index contributed by atoms with van der Waals surface area (Å²) < 4.78 is 5.20. The zero-order valence-electron chi connectivity index (χ0n) is 10.6. The third kappa shape index (κ3) is 4.72. The van der Waals surface area contributed by atoms with Crippen molar-refractivity contribution in [2.75, 3.05) is 13.7 Å². The molecule has 0 aliphatic carbocycles. The largest absolute Gasteiger partial charge is 0.496 e. The Bertz CT molecular complexity index is 411. The van der Waals surface area contributed by atoms with Crippen LogP contribution in [0.25, 0.3) is 6.08 Å². The van der Waals surface area contributed by atoms with Crippen LogP contribution in [-0.2, 0) is 4.79 Å². The van der Waals surface area contributed by atoms with Crippen LogP contribution in [0.2, 0.25) is 0 Å². The summed E-state index contributed by atoms with van der Waals surface area (Å²) in [6, 6.07) is 6.05. The van der Waals surface area contributed by atoms with Crippen LogP contribution in [-0.4, -0.2) is 19.6 Å². The van der Waals surface area contributed by atoms with Crippen molar-refractivity contribution < 1.29 is 9.53 Å². The SMILES string of the molecule is COc1ccc(C=CCCNC(C)=O)cc1C. The van der Waals surface area contributed by atoms with Crippen molar-refractivity contribution >= 4 is 12.0 Å². The smallest absolute Gasteiger partial charge is 0.216 e. The highest BCUT2D eigenvalue weighted by Crippen LogP contribution is 2.19. The standard InChI is InChI=1S/C14H19NO2/c1-11-10-13(7-8-14(11)17-3)6-4-5-9-15-12(2)16/h4,6-8,10H,5,9H2,1-3H3,(H,15,16). The van der Waals surface area contributed by atoms with Gasteiger partial charge in [-0.25, -0.2) is 0 Å². The number of hydrogen-bond acceptors (Lipinski definition) is 2. The van der Waals surface area contributed by atoms with Gasteiger partial charge in [-0.1, -0.05) is 18.2 Å². The Labute approximate surface area is 102 Å². The lowest BCUT2D eigenvalue weighted by Crippen LogP contribution is -2.20. The Morgan fingerprint density at radius 1 is 1.47 bits per heavy atom. The molecule has 3 heteroatoms. The summed E-state index contributed by atoms with van der Waals surface area (Å²) in [4.78, 5) is 10.6. The normalized spacial score (nSPS) is 10.5. The number of ether oxygens (including phenoxy) is 1. The maximum Gasteiger partial charge on any atom is 0.216 e. The van der Waals surface area contributed by atoms with Crippen molar-refractivity contribution in [3.05, 3.63) is 35.4 Å². The van der Waals surface area contributed by atoms with E-state index in [0.717, 1.165) is 23.3 Å². The van der Waals surface area contributed by atoms with E-state index in [1.807, 2.05) is 25.1 Å². The summed E-state index contributed by atoms with van der Waals surface area (Å²) in [7, 11) is 1.67. The number of carbonyl (C=O) groups is 1. The lowest BCUT2D eigenvalue weighted by Gasteiger charge is -2.04. The Morgan fingerprint density at radius 2 is 2.24 bits per heavy atom. The van der Waals surface area contributed by atoms with Crippen LogP contribution in [0.5, 0.6) is 5.75 Å². The molecule has 17 heavy (non-hydrogen) atoms. The molecule has 0 heterocycles. The first-order valence-corrected chi connectivity index (χ1v) is 5.69. The predicted octanol–water partition coefficient (Wildman–Crippen LogP) is 2.54. The predicted molar refractivity (Wildman–Crippen MR) is 70.1 cm³/mol. The molecule has 0 aliphatic rings. The minimum absolute atomic E-state index is 0.0127. The zero-order chi connectivity index (χ0) is 12.7. The topological polar surface area (TPSA) is 38.3 Å². The molecule has 0 radical (unpaired) electrons. The van der Waals surface area contributed by atoms with Gasteiger partial charge in [-0.3, -0.25) is 4.79 Å². The molecule has 0 aromatic heterocycles. The maximum absolute atomic E-state index is 10.6. The summed E-state index contributed by atoms with van der Waals surface area (Å²) in [6.07, 6.45) is 4.94. The average Bonchev–Trinajstić information content (AvgIpc) is 2.28. The zero-order valence-corrected chi connectivity index (χ0v) is 10.6. The highest BCUT2D eigenvalue weighted by atomic mass is 16.5. The molecule has 0 spiro atoms. The molecule has 92 valence electrons. The van der Waals surface area contributed by atoms with Crippen LogP contribution in [0.4, 0.5) is 0 Å². The molecule has 3 nitrogen and oxygen atoms in total. The molecule has 1 N–H and O–H groups in total. The van der Waals surface area contributed by atoms with Crippen molar-refractivity contribution in [3.8, 4) is 5.75 Å². The average molecular weight is 233 g/mol. The van der Waals surface area contributed by atoms with Crippen LogP contribution >= 0.6 is 0 Å². The number of carbonyl (C=O) groups excluding carboxylic acids is 1. The highest BCUT2D eigenvalue weighted by Gasteiger charge is 1.97. The van der Waals surface area contributed by atoms with Crippen LogP contribution in [0.1, 0.15) is 24.5 Å². The molecule has 1 rings (SSSR count). The Balaban J connectivity index is 2.48. The van der Waals surface area contributed by atoms with E-state index in [2.05, 4.69) is 17.5 Å². The van der Waals surface area contributed by atoms with Crippen molar-refractivity contribution in [2.24, 2.45) is 0 Å². The van der Waals surface area contributed by atoms with Gasteiger partial charge in [0.05, 0.1) is 7.11 Å². The molecule has 0 unspecified atom stereocenters. The van der Waals surface area contributed by atoms with Gasteiger partial charge < -0.3 is 10.1 Å². The van der Waals surface area contributed by atoms with Crippen molar-refractivity contribution in [2.45, 2.75) is 20.3 Å². The molecule has 1 aromatic carbocycles. The molecule has 0 saturated carbocycles. The molecule has 1 aromatic rings. The molecule has 1 amide bonds. The molecule has 0 fully saturated rings. The number of benzene rings is 1. The summed E-state index contributed by atoms with van der Waals surface area (Å²) in [5.41, 5.74) is 2.27. The number of hydrogen-bond donors (Lipinski definition) is 1. The lowest BCUT2D eigenvalue weighted by molar-refractivity contribution is -0.118. The van der Waals surface area contributed by atoms with E-state index in [4.69, 9.17) is 4.74 Å². The first-order valence-electron chi connectivity index (χ1n) is 5.69. The molecular formula is C14H19NO2. The fourth-order valence-corrected chi connectivity index (χ4v) is 1.56.